The van der Waals surface area contributed by atoms with Crippen LogP contribution >= 0.6 is 0 Å². The number of carbonyl (C=O) groups excluding carboxylic acids is 2. The van der Waals surface area contributed by atoms with Crippen LogP contribution in [0.15, 0.2) is 12.1 Å². The molecule has 2 fully saturated rings. The number of carbonyl (C=O) groups is 2. The zero-order chi connectivity index (χ0) is 14.6. The summed E-state index contributed by atoms with van der Waals surface area (Å²) in [6.45, 7) is 9.38. The van der Waals surface area contributed by atoms with Crippen LogP contribution in [0.25, 0.3) is 0 Å². The number of benzene rings is 1. The number of nitrogens with zero attached hydrogens (tertiary/aromatic N) is 2. The number of amides is 2. The van der Waals surface area contributed by atoms with E-state index in [-0.39, 0.29) is 11.8 Å². The smallest absolute Gasteiger partial charge is 0.258 e. The van der Waals surface area contributed by atoms with Crippen LogP contribution in [-0.4, -0.2) is 34.9 Å². The predicted octanol–water partition coefficient (Wildman–Crippen LogP) is 1.93. The largest absolute Gasteiger partial charge is 0.272 e. The maximum atomic E-state index is 12.6. The fourth-order valence-electron chi connectivity index (χ4n) is 3.56. The quantitative estimate of drug-likeness (QED) is 0.733. The Morgan fingerprint density at radius 2 is 1.40 bits per heavy atom. The molecule has 0 saturated carbocycles. The summed E-state index contributed by atoms with van der Waals surface area (Å²) in [4.78, 5) is 25.2. The number of fused-ring (bicyclic) bond motifs is 1. The van der Waals surface area contributed by atoms with Gasteiger partial charge in [-0.1, -0.05) is 24.6 Å². The Morgan fingerprint density at radius 3 is 1.85 bits per heavy atom. The first-order valence-electron chi connectivity index (χ1n) is 7.10. The molecule has 106 valence electrons. The van der Waals surface area contributed by atoms with Crippen molar-refractivity contribution in [2.24, 2.45) is 5.92 Å². The van der Waals surface area contributed by atoms with Crippen molar-refractivity contribution >= 4 is 11.8 Å². The molecule has 0 atom stereocenters. The second-order valence-electron chi connectivity index (χ2n) is 6.19. The maximum Gasteiger partial charge on any atom is 0.258 e. The minimum absolute atomic E-state index is 0.0607. The molecule has 2 aliphatic heterocycles. The SMILES string of the molecule is Cc1cc(C)c(C2C(=O)N3CC(C)CN3C2=O)c(C)c1. The molecule has 0 aliphatic carbocycles. The monoisotopic (exact) mass is 272 g/mol. The number of rotatable bonds is 1. The summed E-state index contributed by atoms with van der Waals surface area (Å²) in [5, 5.41) is 3.27. The topological polar surface area (TPSA) is 40.6 Å². The van der Waals surface area contributed by atoms with Gasteiger partial charge in [0.2, 0.25) is 0 Å². The average molecular weight is 272 g/mol. The van der Waals surface area contributed by atoms with Crippen LogP contribution in [0.1, 0.15) is 35.1 Å². The van der Waals surface area contributed by atoms with Crippen molar-refractivity contribution in [1.29, 1.82) is 0 Å². The van der Waals surface area contributed by atoms with Crippen molar-refractivity contribution in [3.05, 3.63) is 34.4 Å². The van der Waals surface area contributed by atoms with Gasteiger partial charge in [0.25, 0.3) is 11.8 Å². The Morgan fingerprint density at radius 1 is 0.950 bits per heavy atom. The molecule has 0 radical (unpaired) electrons. The fourth-order valence-corrected chi connectivity index (χ4v) is 3.56. The Kier molecular flexibility index (Phi) is 2.85. The van der Waals surface area contributed by atoms with E-state index in [1.165, 1.54) is 0 Å². The summed E-state index contributed by atoms with van der Waals surface area (Å²) in [6, 6.07) is 4.09. The minimum Gasteiger partial charge on any atom is -0.272 e. The van der Waals surface area contributed by atoms with Gasteiger partial charge in [0.05, 0.1) is 0 Å². The lowest BCUT2D eigenvalue weighted by molar-refractivity contribution is -0.141. The molecule has 4 nitrogen and oxygen atoms in total. The molecule has 0 bridgehead atoms. The van der Waals surface area contributed by atoms with Gasteiger partial charge < -0.3 is 0 Å². The Balaban J connectivity index is 2.05. The van der Waals surface area contributed by atoms with E-state index in [2.05, 4.69) is 6.92 Å². The van der Waals surface area contributed by atoms with Crippen LogP contribution in [-0.2, 0) is 9.59 Å². The molecule has 0 N–H and O–H groups in total. The second-order valence-corrected chi connectivity index (χ2v) is 6.19. The molecule has 1 aromatic rings. The van der Waals surface area contributed by atoms with E-state index in [1.54, 1.807) is 10.0 Å². The molecule has 2 saturated heterocycles. The van der Waals surface area contributed by atoms with Gasteiger partial charge in [-0.2, -0.15) is 0 Å². The second kappa shape index (κ2) is 4.33. The Labute approximate surface area is 119 Å². The molecular formula is C16H20N2O2. The number of hydrogen-bond donors (Lipinski definition) is 0. The molecule has 0 unspecified atom stereocenters. The van der Waals surface area contributed by atoms with Gasteiger partial charge in [-0.3, -0.25) is 19.6 Å². The average Bonchev–Trinajstić information content (AvgIpc) is 2.82. The van der Waals surface area contributed by atoms with Crippen molar-refractivity contribution in [3.8, 4) is 0 Å². The molecule has 1 aromatic carbocycles. The molecular weight excluding hydrogens is 252 g/mol. The molecule has 2 amide bonds. The number of aryl methyl sites for hydroxylation is 3. The molecule has 0 spiro atoms. The van der Waals surface area contributed by atoms with E-state index in [1.807, 2.05) is 32.9 Å². The highest BCUT2D eigenvalue weighted by atomic mass is 16.2. The molecule has 20 heavy (non-hydrogen) atoms. The van der Waals surface area contributed by atoms with Gasteiger partial charge in [0.15, 0.2) is 0 Å². The normalized spacial score (nSPS) is 20.2. The Bertz CT molecular complexity index is 561. The first-order valence-corrected chi connectivity index (χ1v) is 7.10. The van der Waals surface area contributed by atoms with Crippen molar-refractivity contribution in [2.45, 2.75) is 33.6 Å². The van der Waals surface area contributed by atoms with Gasteiger partial charge in [-0.25, -0.2) is 0 Å². The lowest BCUT2D eigenvalue weighted by Gasteiger charge is -2.16. The van der Waals surface area contributed by atoms with Gasteiger partial charge >= 0.3 is 0 Å². The standard InChI is InChI=1S/C16H20N2O2/c1-9-5-11(3)13(12(4)6-9)14-15(19)17-7-10(2)8-18(17)16(14)20/h5-6,10,14H,7-8H2,1-4H3. The summed E-state index contributed by atoms with van der Waals surface area (Å²) >= 11 is 0. The van der Waals surface area contributed by atoms with E-state index in [4.69, 9.17) is 0 Å². The van der Waals surface area contributed by atoms with Crippen molar-refractivity contribution < 1.29 is 9.59 Å². The highest BCUT2D eigenvalue weighted by Gasteiger charge is 2.50. The zero-order valence-corrected chi connectivity index (χ0v) is 12.4. The van der Waals surface area contributed by atoms with Crippen molar-refractivity contribution in [3.63, 3.8) is 0 Å². The van der Waals surface area contributed by atoms with E-state index < -0.39 is 5.92 Å². The van der Waals surface area contributed by atoms with Gasteiger partial charge in [-0.15, -0.1) is 0 Å². The van der Waals surface area contributed by atoms with Gasteiger partial charge in [0.1, 0.15) is 5.92 Å². The van der Waals surface area contributed by atoms with E-state index in [0.717, 1.165) is 22.3 Å². The summed E-state index contributed by atoms with van der Waals surface area (Å²) < 4.78 is 0. The third-order valence-electron chi connectivity index (χ3n) is 4.29. The zero-order valence-electron chi connectivity index (χ0n) is 12.4. The van der Waals surface area contributed by atoms with Crippen LogP contribution in [0.4, 0.5) is 0 Å². The van der Waals surface area contributed by atoms with Gasteiger partial charge in [0, 0.05) is 13.1 Å². The number of hydrazine groups is 1. The number of hydrogen-bond acceptors (Lipinski definition) is 2. The summed E-state index contributed by atoms with van der Waals surface area (Å²) in [7, 11) is 0. The van der Waals surface area contributed by atoms with Crippen LogP contribution in [0.2, 0.25) is 0 Å². The van der Waals surface area contributed by atoms with Crippen LogP contribution in [0.5, 0.6) is 0 Å². The summed E-state index contributed by atoms with van der Waals surface area (Å²) in [5.74, 6) is -0.393. The predicted molar refractivity (Wildman–Crippen MR) is 76.0 cm³/mol. The first-order chi connectivity index (χ1) is 9.40. The minimum atomic E-state index is -0.636. The highest BCUT2D eigenvalue weighted by molar-refractivity contribution is 6.11. The van der Waals surface area contributed by atoms with E-state index >= 15 is 0 Å². The molecule has 4 heteroatoms. The lowest BCUT2D eigenvalue weighted by Crippen LogP contribution is -2.33. The molecule has 2 heterocycles. The Hall–Kier alpha value is -1.84. The van der Waals surface area contributed by atoms with Gasteiger partial charge in [-0.05, 0) is 43.4 Å². The fraction of sp³-hybridized carbons (Fsp3) is 0.500. The van der Waals surface area contributed by atoms with Crippen molar-refractivity contribution in [2.75, 3.05) is 13.1 Å². The third-order valence-corrected chi connectivity index (χ3v) is 4.29. The van der Waals surface area contributed by atoms with Crippen LogP contribution < -0.4 is 0 Å². The highest BCUT2D eigenvalue weighted by Crippen LogP contribution is 2.36. The third kappa shape index (κ3) is 1.74. The molecule has 2 aliphatic rings. The summed E-state index contributed by atoms with van der Waals surface area (Å²) in [5.41, 5.74) is 4.12. The van der Waals surface area contributed by atoms with Crippen LogP contribution in [0.3, 0.4) is 0 Å². The first kappa shape index (κ1) is 13.2. The van der Waals surface area contributed by atoms with Crippen LogP contribution in [0, 0.1) is 26.7 Å². The summed E-state index contributed by atoms with van der Waals surface area (Å²) in [6.07, 6.45) is 0. The lowest BCUT2D eigenvalue weighted by atomic mass is 9.88. The van der Waals surface area contributed by atoms with Crippen molar-refractivity contribution in [1.82, 2.24) is 10.0 Å². The molecule has 0 aromatic heterocycles. The van der Waals surface area contributed by atoms with E-state index in [0.29, 0.717) is 19.0 Å². The van der Waals surface area contributed by atoms with E-state index in [9.17, 15) is 9.59 Å². The molecule has 3 rings (SSSR count). The maximum absolute atomic E-state index is 12.6.